The van der Waals surface area contributed by atoms with Crippen molar-refractivity contribution in [1.82, 2.24) is 15.1 Å². The zero-order valence-electron chi connectivity index (χ0n) is 14.4. The highest BCUT2D eigenvalue weighted by Crippen LogP contribution is 2.12. The van der Waals surface area contributed by atoms with E-state index in [1.165, 1.54) is 7.11 Å². The number of carboxylic acids is 1. The molecular weight excluding hydrogens is 322 g/mol. The Morgan fingerprint density at radius 1 is 1.32 bits per heavy atom. The van der Waals surface area contributed by atoms with E-state index in [0.717, 1.165) is 11.3 Å². The first-order valence-electron chi connectivity index (χ1n) is 8.02. The van der Waals surface area contributed by atoms with E-state index < -0.39 is 11.5 Å². The molecule has 2 aromatic rings. The Labute approximate surface area is 146 Å². The molecule has 1 unspecified atom stereocenters. The van der Waals surface area contributed by atoms with Gasteiger partial charge in [-0.15, -0.1) is 0 Å². The van der Waals surface area contributed by atoms with Crippen LogP contribution >= 0.6 is 0 Å². The number of carbonyl (C=O) groups is 2. The van der Waals surface area contributed by atoms with Crippen LogP contribution in [0.5, 0.6) is 0 Å². The van der Waals surface area contributed by atoms with Crippen molar-refractivity contribution in [2.24, 2.45) is 0 Å². The predicted molar refractivity (Wildman–Crippen MR) is 92.6 cm³/mol. The van der Waals surface area contributed by atoms with Crippen molar-refractivity contribution in [3.8, 4) is 5.69 Å². The first-order chi connectivity index (χ1) is 11.9. The molecule has 1 aromatic heterocycles. The number of benzene rings is 1. The monoisotopic (exact) mass is 345 g/mol. The van der Waals surface area contributed by atoms with Gasteiger partial charge in [0.05, 0.1) is 30.5 Å². The summed E-state index contributed by atoms with van der Waals surface area (Å²) in [5.41, 5.74) is 0.962. The number of aliphatic carboxylic acids is 1. The van der Waals surface area contributed by atoms with Crippen molar-refractivity contribution in [2.75, 3.05) is 13.7 Å². The van der Waals surface area contributed by atoms with Crippen LogP contribution in [-0.4, -0.2) is 46.0 Å². The van der Waals surface area contributed by atoms with E-state index in [9.17, 15) is 9.59 Å². The number of aryl methyl sites for hydroxylation is 1. The van der Waals surface area contributed by atoms with Crippen molar-refractivity contribution >= 4 is 11.9 Å². The van der Waals surface area contributed by atoms with Gasteiger partial charge in [0, 0.05) is 19.7 Å². The Balaban J connectivity index is 1.91. The molecule has 0 fully saturated rings. The van der Waals surface area contributed by atoms with Crippen LogP contribution in [0.25, 0.3) is 5.69 Å². The van der Waals surface area contributed by atoms with E-state index in [1.54, 1.807) is 17.8 Å². The number of carbonyl (C=O) groups excluding carboxylic acids is 1. The van der Waals surface area contributed by atoms with Crippen LogP contribution in [-0.2, 0) is 20.7 Å². The van der Waals surface area contributed by atoms with E-state index in [2.05, 4.69) is 10.4 Å². The third-order valence-corrected chi connectivity index (χ3v) is 3.74. The Morgan fingerprint density at radius 3 is 2.68 bits per heavy atom. The maximum Gasteiger partial charge on any atom is 0.305 e. The maximum absolute atomic E-state index is 12.2. The van der Waals surface area contributed by atoms with Gasteiger partial charge in [0.25, 0.3) is 0 Å². The van der Waals surface area contributed by atoms with Crippen molar-refractivity contribution in [3.05, 3.63) is 48.3 Å². The number of hydrogen-bond acceptors (Lipinski definition) is 4. The standard InChI is InChI=1S/C18H23N3O4/c1-18(13-25-2,10-17(23)24)20-16(22)9-8-14-11-19-21(12-14)15-6-4-3-5-7-15/h3-7,11-12H,8-10,13H2,1-2H3,(H,20,22)(H,23,24). The summed E-state index contributed by atoms with van der Waals surface area (Å²) in [6, 6.07) is 9.70. The number of methoxy groups -OCH3 is 1. The molecule has 1 aromatic carbocycles. The molecule has 0 saturated carbocycles. The fourth-order valence-electron chi connectivity index (χ4n) is 2.65. The van der Waals surface area contributed by atoms with Gasteiger partial charge in [0.1, 0.15) is 0 Å². The van der Waals surface area contributed by atoms with E-state index in [0.29, 0.717) is 6.42 Å². The van der Waals surface area contributed by atoms with Crippen LogP contribution in [0.15, 0.2) is 42.7 Å². The largest absolute Gasteiger partial charge is 0.481 e. The predicted octanol–water partition coefficient (Wildman–Crippen LogP) is 1.80. The average Bonchev–Trinajstić information content (AvgIpc) is 3.02. The van der Waals surface area contributed by atoms with Gasteiger partial charge in [-0.05, 0) is 31.0 Å². The summed E-state index contributed by atoms with van der Waals surface area (Å²) in [4.78, 5) is 23.1. The van der Waals surface area contributed by atoms with Crippen LogP contribution in [0.2, 0.25) is 0 Å². The van der Waals surface area contributed by atoms with Gasteiger partial charge in [0.2, 0.25) is 5.91 Å². The van der Waals surface area contributed by atoms with Crippen molar-refractivity contribution < 1.29 is 19.4 Å². The highest BCUT2D eigenvalue weighted by atomic mass is 16.5. The zero-order valence-corrected chi connectivity index (χ0v) is 14.4. The first-order valence-corrected chi connectivity index (χ1v) is 8.02. The van der Waals surface area contributed by atoms with Crippen molar-refractivity contribution in [1.29, 1.82) is 0 Å². The van der Waals surface area contributed by atoms with Crippen LogP contribution in [0.3, 0.4) is 0 Å². The number of carboxylic acid groups (broad SMARTS) is 1. The quantitative estimate of drug-likeness (QED) is 0.723. The first kappa shape index (κ1) is 18.7. The van der Waals surface area contributed by atoms with Gasteiger partial charge in [0.15, 0.2) is 0 Å². The SMILES string of the molecule is COCC(C)(CC(=O)O)NC(=O)CCc1cnn(-c2ccccc2)c1. The molecule has 134 valence electrons. The third kappa shape index (κ3) is 5.72. The Kier molecular flexibility index (Phi) is 6.30. The fourth-order valence-corrected chi connectivity index (χ4v) is 2.65. The smallest absolute Gasteiger partial charge is 0.305 e. The number of para-hydroxylation sites is 1. The summed E-state index contributed by atoms with van der Waals surface area (Å²) < 4.78 is 6.79. The summed E-state index contributed by atoms with van der Waals surface area (Å²) in [6.45, 7) is 1.80. The van der Waals surface area contributed by atoms with Gasteiger partial charge in [-0.2, -0.15) is 5.10 Å². The maximum atomic E-state index is 12.2. The topological polar surface area (TPSA) is 93.4 Å². The molecule has 0 spiro atoms. The van der Waals surface area contributed by atoms with Crippen LogP contribution in [0.1, 0.15) is 25.3 Å². The molecule has 0 saturated heterocycles. The second-order valence-corrected chi connectivity index (χ2v) is 6.24. The number of aromatic nitrogens is 2. The van der Waals surface area contributed by atoms with Crippen LogP contribution in [0.4, 0.5) is 0 Å². The Hall–Kier alpha value is -2.67. The molecule has 7 nitrogen and oxygen atoms in total. The van der Waals surface area contributed by atoms with Crippen molar-refractivity contribution in [2.45, 2.75) is 31.7 Å². The van der Waals surface area contributed by atoms with Gasteiger partial charge >= 0.3 is 5.97 Å². The number of hydrogen-bond donors (Lipinski definition) is 2. The molecule has 2 rings (SSSR count). The van der Waals surface area contributed by atoms with Crippen molar-refractivity contribution in [3.63, 3.8) is 0 Å². The van der Waals surface area contributed by atoms with Gasteiger partial charge in [-0.3, -0.25) is 9.59 Å². The third-order valence-electron chi connectivity index (χ3n) is 3.74. The molecular formula is C18H23N3O4. The molecule has 25 heavy (non-hydrogen) atoms. The Bertz CT molecular complexity index is 714. The normalized spacial score (nSPS) is 13.2. The van der Waals surface area contributed by atoms with Crippen LogP contribution < -0.4 is 5.32 Å². The lowest BCUT2D eigenvalue weighted by atomic mass is 9.98. The fraction of sp³-hybridized carbons (Fsp3) is 0.389. The lowest BCUT2D eigenvalue weighted by Crippen LogP contribution is -2.50. The lowest BCUT2D eigenvalue weighted by molar-refractivity contribution is -0.139. The molecule has 1 heterocycles. The molecule has 0 radical (unpaired) electrons. The second-order valence-electron chi connectivity index (χ2n) is 6.24. The molecule has 7 heteroatoms. The minimum atomic E-state index is -0.982. The molecule has 0 aliphatic carbocycles. The highest BCUT2D eigenvalue weighted by molar-refractivity contribution is 5.78. The molecule has 0 aliphatic rings. The zero-order chi connectivity index (χ0) is 18.3. The number of ether oxygens (including phenoxy) is 1. The molecule has 2 N–H and O–H groups in total. The Morgan fingerprint density at radius 2 is 2.04 bits per heavy atom. The number of amides is 1. The van der Waals surface area contributed by atoms with Gasteiger partial charge in [-0.1, -0.05) is 18.2 Å². The van der Waals surface area contributed by atoms with E-state index >= 15 is 0 Å². The van der Waals surface area contributed by atoms with Crippen LogP contribution in [0, 0.1) is 0 Å². The van der Waals surface area contributed by atoms with E-state index in [-0.39, 0.29) is 25.4 Å². The van der Waals surface area contributed by atoms with E-state index in [4.69, 9.17) is 9.84 Å². The summed E-state index contributed by atoms with van der Waals surface area (Å²) in [5.74, 6) is -1.20. The summed E-state index contributed by atoms with van der Waals surface area (Å²) in [6.07, 6.45) is 4.19. The van der Waals surface area contributed by atoms with Gasteiger partial charge in [-0.25, -0.2) is 4.68 Å². The summed E-state index contributed by atoms with van der Waals surface area (Å²) in [5, 5.41) is 16.0. The minimum absolute atomic E-state index is 0.136. The molecule has 0 aliphatic heterocycles. The van der Waals surface area contributed by atoms with Gasteiger partial charge < -0.3 is 15.2 Å². The minimum Gasteiger partial charge on any atom is -0.481 e. The molecule has 1 atom stereocenters. The number of nitrogens with zero attached hydrogens (tertiary/aromatic N) is 2. The second kappa shape index (κ2) is 8.43. The highest BCUT2D eigenvalue weighted by Gasteiger charge is 2.29. The molecule has 1 amide bonds. The molecule has 0 bridgehead atoms. The average molecular weight is 345 g/mol. The van der Waals surface area contributed by atoms with E-state index in [1.807, 2.05) is 36.5 Å². The summed E-state index contributed by atoms with van der Waals surface area (Å²) in [7, 11) is 1.48. The lowest BCUT2D eigenvalue weighted by Gasteiger charge is -2.28. The number of rotatable bonds is 9. The summed E-state index contributed by atoms with van der Waals surface area (Å²) >= 11 is 0. The number of nitrogens with one attached hydrogen (secondary N) is 1.